The van der Waals surface area contributed by atoms with E-state index in [4.69, 9.17) is 9.47 Å². The molecular weight excluding hydrogens is 200 g/mol. The molecule has 15 heavy (non-hydrogen) atoms. The molecule has 0 unspecified atom stereocenters. The first-order valence-corrected chi connectivity index (χ1v) is 4.54. The van der Waals surface area contributed by atoms with Crippen LogP contribution in [0.5, 0.6) is 11.5 Å². The van der Waals surface area contributed by atoms with Gasteiger partial charge in [-0.1, -0.05) is 0 Å². The van der Waals surface area contributed by atoms with Crippen molar-refractivity contribution in [2.45, 2.75) is 6.92 Å². The molecule has 2 rings (SSSR count). The summed E-state index contributed by atoms with van der Waals surface area (Å²) in [6, 6.07) is 2.96. The maximum absolute atomic E-state index is 10.8. The van der Waals surface area contributed by atoms with Crippen molar-refractivity contribution in [3.63, 3.8) is 0 Å². The lowest BCUT2D eigenvalue weighted by atomic mass is 10.2. The van der Waals surface area contributed by atoms with Gasteiger partial charge in [0.15, 0.2) is 11.5 Å². The minimum absolute atomic E-state index is 0.00102. The lowest BCUT2D eigenvalue weighted by molar-refractivity contribution is -0.384. The topological polar surface area (TPSA) is 73.6 Å². The highest BCUT2D eigenvalue weighted by Crippen LogP contribution is 2.40. The minimum Gasteiger partial charge on any atom is -0.454 e. The van der Waals surface area contributed by atoms with Gasteiger partial charge in [0.25, 0.3) is 5.69 Å². The van der Waals surface area contributed by atoms with Gasteiger partial charge in [-0.25, -0.2) is 0 Å². The highest BCUT2D eigenvalue weighted by Gasteiger charge is 2.22. The zero-order valence-electron chi connectivity index (χ0n) is 8.15. The number of nitro groups is 1. The Morgan fingerprint density at radius 2 is 2.13 bits per heavy atom. The Balaban J connectivity index is 2.47. The number of rotatable bonds is 3. The van der Waals surface area contributed by atoms with Crippen LogP contribution in [0, 0.1) is 10.1 Å². The van der Waals surface area contributed by atoms with Crippen LogP contribution in [0.15, 0.2) is 12.1 Å². The van der Waals surface area contributed by atoms with Crippen molar-refractivity contribution in [2.24, 2.45) is 0 Å². The second-order valence-corrected chi connectivity index (χ2v) is 3.01. The molecule has 0 radical (unpaired) electrons. The van der Waals surface area contributed by atoms with E-state index in [1.807, 2.05) is 6.92 Å². The normalized spacial score (nSPS) is 12.6. The molecule has 1 N–H and O–H groups in total. The van der Waals surface area contributed by atoms with Gasteiger partial charge in [-0.3, -0.25) is 10.1 Å². The SMILES string of the molecule is CCNc1cc2c(cc1[N+](=O)[O-])OCO2. The van der Waals surface area contributed by atoms with Crippen LogP contribution in [0.25, 0.3) is 0 Å². The molecule has 0 saturated carbocycles. The number of anilines is 1. The molecule has 6 nitrogen and oxygen atoms in total. The van der Waals surface area contributed by atoms with E-state index in [1.165, 1.54) is 6.07 Å². The third kappa shape index (κ3) is 1.65. The predicted molar refractivity (Wildman–Crippen MR) is 53.4 cm³/mol. The zero-order chi connectivity index (χ0) is 10.8. The molecule has 0 bridgehead atoms. The second-order valence-electron chi connectivity index (χ2n) is 3.01. The van der Waals surface area contributed by atoms with Gasteiger partial charge >= 0.3 is 0 Å². The molecule has 0 amide bonds. The summed E-state index contributed by atoms with van der Waals surface area (Å²) >= 11 is 0. The maximum Gasteiger partial charge on any atom is 0.296 e. The third-order valence-electron chi connectivity index (χ3n) is 2.05. The molecule has 1 aliphatic heterocycles. The van der Waals surface area contributed by atoms with E-state index in [2.05, 4.69) is 5.32 Å². The van der Waals surface area contributed by atoms with E-state index >= 15 is 0 Å². The third-order valence-corrected chi connectivity index (χ3v) is 2.05. The van der Waals surface area contributed by atoms with Gasteiger partial charge in [-0.15, -0.1) is 0 Å². The monoisotopic (exact) mass is 210 g/mol. The summed E-state index contributed by atoms with van der Waals surface area (Å²) in [5.74, 6) is 0.958. The lowest BCUT2D eigenvalue weighted by Crippen LogP contribution is -2.01. The molecule has 0 aliphatic carbocycles. The molecule has 0 atom stereocenters. The molecular formula is C9H10N2O4. The first kappa shape index (κ1) is 9.57. The number of hydrogen-bond acceptors (Lipinski definition) is 5. The Labute approximate surface area is 86.0 Å². The molecule has 0 aromatic heterocycles. The average molecular weight is 210 g/mol. The highest BCUT2D eigenvalue weighted by atomic mass is 16.7. The van der Waals surface area contributed by atoms with Crippen molar-refractivity contribution in [1.82, 2.24) is 0 Å². The summed E-state index contributed by atoms with van der Waals surface area (Å²) in [5.41, 5.74) is 0.452. The van der Waals surface area contributed by atoms with Gasteiger partial charge in [-0.2, -0.15) is 0 Å². The smallest absolute Gasteiger partial charge is 0.296 e. The Hall–Kier alpha value is -1.98. The van der Waals surface area contributed by atoms with E-state index < -0.39 is 4.92 Å². The van der Waals surface area contributed by atoms with Crippen LogP contribution in [-0.4, -0.2) is 18.3 Å². The van der Waals surface area contributed by atoms with Crippen molar-refractivity contribution >= 4 is 11.4 Å². The Kier molecular flexibility index (Phi) is 2.32. The highest BCUT2D eigenvalue weighted by molar-refractivity contribution is 5.68. The van der Waals surface area contributed by atoms with Crippen LogP contribution in [0.3, 0.4) is 0 Å². The van der Waals surface area contributed by atoms with E-state index in [9.17, 15) is 10.1 Å². The summed E-state index contributed by atoms with van der Waals surface area (Å²) < 4.78 is 10.2. The summed E-state index contributed by atoms with van der Waals surface area (Å²) in [5, 5.41) is 13.7. The van der Waals surface area contributed by atoms with Gasteiger partial charge in [0.05, 0.1) is 11.0 Å². The minimum atomic E-state index is -0.444. The Bertz CT molecular complexity index is 405. The van der Waals surface area contributed by atoms with Crippen molar-refractivity contribution in [2.75, 3.05) is 18.7 Å². The van der Waals surface area contributed by atoms with Gasteiger partial charge < -0.3 is 14.8 Å². The van der Waals surface area contributed by atoms with Gasteiger partial charge in [0.2, 0.25) is 6.79 Å². The fourth-order valence-corrected chi connectivity index (χ4v) is 1.41. The van der Waals surface area contributed by atoms with Crippen molar-refractivity contribution in [1.29, 1.82) is 0 Å². The van der Waals surface area contributed by atoms with Crippen molar-refractivity contribution < 1.29 is 14.4 Å². The van der Waals surface area contributed by atoms with Crippen LogP contribution < -0.4 is 14.8 Å². The summed E-state index contributed by atoms with van der Waals surface area (Å²) in [4.78, 5) is 10.3. The van der Waals surface area contributed by atoms with Gasteiger partial charge in [0.1, 0.15) is 5.69 Å². The Morgan fingerprint density at radius 3 is 2.73 bits per heavy atom. The fraction of sp³-hybridized carbons (Fsp3) is 0.333. The standard InChI is InChI=1S/C9H10N2O4/c1-2-10-6-3-8-9(15-5-14-8)4-7(6)11(12)13/h3-4,10H,2,5H2,1H3. The number of ether oxygens (including phenoxy) is 2. The van der Waals surface area contributed by atoms with Crippen LogP contribution in [-0.2, 0) is 0 Å². The zero-order valence-corrected chi connectivity index (χ0v) is 8.15. The molecule has 0 fully saturated rings. The van der Waals surface area contributed by atoms with E-state index in [0.29, 0.717) is 23.7 Å². The molecule has 0 saturated heterocycles. The fourth-order valence-electron chi connectivity index (χ4n) is 1.41. The van der Waals surface area contributed by atoms with Gasteiger partial charge in [0, 0.05) is 12.6 Å². The first-order chi connectivity index (χ1) is 7.22. The lowest BCUT2D eigenvalue weighted by Gasteiger charge is -2.05. The molecule has 6 heteroatoms. The van der Waals surface area contributed by atoms with Crippen LogP contribution >= 0.6 is 0 Å². The number of fused-ring (bicyclic) bond motifs is 1. The summed E-state index contributed by atoms with van der Waals surface area (Å²) in [7, 11) is 0. The van der Waals surface area contributed by atoms with E-state index in [-0.39, 0.29) is 12.5 Å². The molecule has 1 aromatic rings. The van der Waals surface area contributed by atoms with Crippen LogP contribution in [0.4, 0.5) is 11.4 Å². The molecule has 80 valence electrons. The molecule has 1 aromatic carbocycles. The summed E-state index contributed by atoms with van der Waals surface area (Å²) in [6.45, 7) is 2.59. The van der Waals surface area contributed by atoms with E-state index in [1.54, 1.807) is 6.07 Å². The average Bonchev–Trinajstić information content (AvgIpc) is 2.63. The summed E-state index contributed by atoms with van der Waals surface area (Å²) in [6.07, 6.45) is 0. The quantitative estimate of drug-likeness (QED) is 0.607. The number of nitro benzene ring substituents is 1. The van der Waals surface area contributed by atoms with Crippen LogP contribution in [0.2, 0.25) is 0 Å². The number of nitrogens with zero attached hydrogens (tertiary/aromatic N) is 1. The predicted octanol–water partition coefficient (Wildman–Crippen LogP) is 1.76. The molecule has 0 spiro atoms. The van der Waals surface area contributed by atoms with Crippen molar-refractivity contribution in [3.8, 4) is 11.5 Å². The van der Waals surface area contributed by atoms with Crippen LogP contribution in [0.1, 0.15) is 6.92 Å². The number of benzene rings is 1. The first-order valence-electron chi connectivity index (χ1n) is 4.54. The van der Waals surface area contributed by atoms with E-state index in [0.717, 1.165) is 0 Å². The number of hydrogen-bond donors (Lipinski definition) is 1. The molecule has 1 heterocycles. The number of nitrogens with one attached hydrogen (secondary N) is 1. The van der Waals surface area contributed by atoms with Crippen molar-refractivity contribution in [3.05, 3.63) is 22.2 Å². The Morgan fingerprint density at radius 1 is 1.47 bits per heavy atom. The molecule has 1 aliphatic rings. The van der Waals surface area contributed by atoms with Gasteiger partial charge in [-0.05, 0) is 6.92 Å². The maximum atomic E-state index is 10.8. The largest absolute Gasteiger partial charge is 0.454 e. The second kappa shape index (κ2) is 3.64.